The standard InChI is InChI=1S/C13H18N2O3/c1-2-3-4-5-12(16)15-11-8-9(14)6-7-10(11)13(17)18/h6-8H,2-5,14H2,1H3,(H,15,16)(H,17,18). The number of nitrogens with two attached hydrogens (primary N) is 1. The number of carboxylic acids is 1. The van der Waals surface area contributed by atoms with Gasteiger partial charge in [0.25, 0.3) is 0 Å². The molecule has 0 aliphatic heterocycles. The molecule has 0 fully saturated rings. The lowest BCUT2D eigenvalue weighted by molar-refractivity contribution is -0.116. The zero-order valence-corrected chi connectivity index (χ0v) is 10.4. The molecule has 1 amide bonds. The molecule has 0 spiro atoms. The van der Waals surface area contributed by atoms with Crippen LogP contribution in [0, 0.1) is 0 Å². The third kappa shape index (κ3) is 4.08. The van der Waals surface area contributed by atoms with Crippen molar-refractivity contribution in [3.8, 4) is 0 Å². The highest BCUT2D eigenvalue weighted by molar-refractivity contribution is 6.01. The van der Waals surface area contributed by atoms with Crippen LogP contribution >= 0.6 is 0 Å². The highest BCUT2D eigenvalue weighted by atomic mass is 16.4. The Morgan fingerprint density at radius 1 is 1.33 bits per heavy atom. The molecule has 0 unspecified atom stereocenters. The summed E-state index contributed by atoms with van der Waals surface area (Å²) >= 11 is 0. The van der Waals surface area contributed by atoms with Crippen molar-refractivity contribution in [1.82, 2.24) is 0 Å². The minimum Gasteiger partial charge on any atom is -0.478 e. The van der Waals surface area contributed by atoms with Crippen molar-refractivity contribution in [3.63, 3.8) is 0 Å². The van der Waals surface area contributed by atoms with Crippen molar-refractivity contribution < 1.29 is 14.7 Å². The van der Waals surface area contributed by atoms with E-state index in [0.29, 0.717) is 12.1 Å². The van der Waals surface area contributed by atoms with Gasteiger partial charge >= 0.3 is 5.97 Å². The fraction of sp³-hybridized carbons (Fsp3) is 0.385. The lowest BCUT2D eigenvalue weighted by Gasteiger charge is -2.09. The molecule has 1 rings (SSSR count). The number of nitrogen functional groups attached to an aromatic ring is 1. The van der Waals surface area contributed by atoms with Crippen LogP contribution in [-0.2, 0) is 4.79 Å². The Balaban J connectivity index is 2.73. The van der Waals surface area contributed by atoms with E-state index in [1.165, 1.54) is 18.2 Å². The monoisotopic (exact) mass is 250 g/mol. The topological polar surface area (TPSA) is 92.4 Å². The van der Waals surface area contributed by atoms with Gasteiger partial charge in [0.15, 0.2) is 0 Å². The van der Waals surface area contributed by atoms with E-state index < -0.39 is 5.97 Å². The molecule has 0 aliphatic carbocycles. The third-order valence-electron chi connectivity index (χ3n) is 2.56. The van der Waals surface area contributed by atoms with Crippen LogP contribution < -0.4 is 11.1 Å². The van der Waals surface area contributed by atoms with Gasteiger partial charge in [0.1, 0.15) is 0 Å². The quantitative estimate of drug-likeness (QED) is 0.534. The van der Waals surface area contributed by atoms with E-state index in [4.69, 9.17) is 10.8 Å². The SMILES string of the molecule is CCCCCC(=O)Nc1cc(N)ccc1C(=O)O. The first-order chi connectivity index (χ1) is 8.54. The van der Waals surface area contributed by atoms with Crippen LogP contribution in [0.3, 0.4) is 0 Å². The Labute approximate surface area is 106 Å². The van der Waals surface area contributed by atoms with Crippen LogP contribution in [0.15, 0.2) is 18.2 Å². The van der Waals surface area contributed by atoms with Gasteiger partial charge in [0.2, 0.25) is 5.91 Å². The molecule has 4 N–H and O–H groups in total. The summed E-state index contributed by atoms with van der Waals surface area (Å²) in [4.78, 5) is 22.6. The minimum absolute atomic E-state index is 0.0491. The lowest BCUT2D eigenvalue weighted by Crippen LogP contribution is -2.14. The number of amides is 1. The van der Waals surface area contributed by atoms with Gasteiger partial charge in [-0.15, -0.1) is 0 Å². The highest BCUT2D eigenvalue weighted by Gasteiger charge is 2.12. The molecule has 18 heavy (non-hydrogen) atoms. The molecule has 0 heterocycles. The molecule has 0 atom stereocenters. The molecule has 0 aromatic heterocycles. The maximum atomic E-state index is 11.6. The number of aromatic carboxylic acids is 1. The van der Waals surface area contributed by atoms with E-state index in [0.717, 1.165) is 19.3 Å². The Morgan fingerprint density at radius 3 is 2.67 bits per heavy atom. The van der Waals surface area contributed by atoms with Gasteiger partial charge in [-0.25, -0.2) is 4.79 Å². The van der Waals surface area contributed by atoms with Crippen molar-refractivity contribution in [1.29, 1.82) is 0 Å². The lowest BCUT2D eigenvalue weighted by atomic mass is 10.1. The van der Waals surface area contributed by atoms with E-state index in [-0.39, 0.29) is 17.2 Å². The van der Waals surface area contributed by atoms with Crippen molar-refractivity contribution in [2.24, 2.45) is 0 Å². The van der Waals surface area contributed by atoms with Gasteiger partial charge in [-0.3, -0.25) is 4.79 Å². The number of hydrogen-bond donors (Lipinski definition) is 3. The molecule has 0 aliphatic rings. The number of carboxylic acid groups (broad SMARTS) is 1. The summed E-state index contributed by atoms with van der Waals surface area (Å²) in [5, 5.41) is 11.6. The number of nitrogens with one attached hydrogen (secondary N) is 1. The second kappa shape index (κ2) is 6.64. The second-order valence-electron chi connectivity index (χ2n) is 4.12. The Hall–Kier alpha value is -2.04. The van der Waals surface area contributed by atoms with E-state index in [2.05, 4.69) is 12.2 Å². The van der Waals surface area contributed by atoms with Gasteiger partial charge in [0.05, 0.1) is 11.3 Å². The van der Waals surface area contributed by atoms with E-state index in [1.807, 2.05) is 0 Å². The van der Waals surface area contributed by atoms with Gasteiger partial charge in [0, 0.05) is 12.1 Å². The largest absolute Gasteiger partial charge is 0.478 e. The van der Waals surface area contributed by atoms with Gasteiger partial charge in [-0.2, -0.15) is 0 Å². The molecule has 5 heteroatoms. The Bertz CT molecular complexity index is 444. The van der Waals surface area contributed by atoms with Crippen LogP contribution in [0.25, 0.3) is 0 Å². The van der Waals surface area contributed by atoms with Crippen molar-refractivity contribution in [2.75, 3.05) is 11.1 Å². The van der Waals surface area contributed by atoms with Crippen LogP contribution in [0.1, 0.15) is 43.0 Å². The van der Waals surface area contributed by atoms with Gasteiger partial charge in [-0.05, 0) is 24.6 Å². The minimum atomic E-state index is -1.08. The Kier molecular flexibility index (Phi) is 5.17. The first-order valence-corrected chi connectivity index (χ1v) is 5.97. The second-order valence-corrected chi connectivity index (χ2v) is 4.12. The molecule has 1 aromatic carbocycles. The van der Waals surface area contributed by atoms with Crippen molar-refractivity contribution in [2.45, 2.75) is 32.6 Å². The molecular weight excluding hydrogens is 232 g/mol. The fourth-order valence-electron chi connectivity index (χ4n) is 1.60. The van der Waals surface area contributed by atoms with Crippen LogP contribution in [0.2, 0.25) is 0 Å². The summed E-state index contributed by atoms with van der Waals surface area (Å²) in [5.74, 6) is -1.27. The maximum absolute atomic E-state index is 11.6. The van der Waals surface area contributed by atoms with E-state index in [9.17, 15) is 9.59 Å². The van der Waals surface area contributed by atoms with Crippen LogP contribution in [0.4, 0.5) is 11.4 Å². The summed E-state index contributed by atoms with van der Waals surface area (Å²) in [6.45, 7) is 2.05. The number of hydrogen-bond acceptors (Lipinski definition) is 3. The number of carbonyl (C=O) groups excluding carboxylic acids is 1. The molecule has 98 valence electrons. The third-order valence-corrected chi connectivity index (χ3v) is 2.56. The predicted molar refractivity (Wildman–Crippen MR) is 70.6 cm³/mol. The van der Waals surface area contributed by atoms with Crippen molar-refractivity contribution in [3.05, 3.63) is 23.8 Å². The summed E-state index contributed by atoms with van der Waals surface area (Å²) in [6, 6.07) is 4.34. The zero-order valence-electron chi connectivity index (χ0n) is 10.4. The molecule has 5 nitrogen and oxygen atoms in total. The first kappa shape index (κ1) is 14.0. The van der Waals surface area contributed by atoms with E-state index >= 15 is 0 Å². The van der Waals surface area contributed by atoms with Crippen molar-refractivity contribution >= 4 is 23.3 Å². The molecule has 0 bridgehead atoms. The van der Waals surface area contributed by atoms with Gasteiger partial charge in [-0.1, -0.05) is 19.8 Å². The van der Waals surface area contributed by atoms with Crippen LogP contribution in [-0.4, -0.2) is 17.0 Å². The zero-order chi connectivity index (χ0) is 13.5. The van der Waals surface area contributed by atoms with Gasteiger partial charge < -0.3 is 16.2 Å². The molecule has 0 saturated heterocycles. The molecule has 0 radical (unpaired) electrons. The van der Waals surface area contributed by atoms with Crippen LogP contribution in [0.5, 0.6) is 0 Å². The molecule has 1 aromatic rings. The molecule has 0 saturated carbocycles. The number of benzene rings is 1. The number of carbonyl (C=O) groups is 2. The number of anilines is 2. The average molecular weight is 250 g/mol. The molecular formula is C13H18N2O3. The summed E-state index contributed by atoms with van der Waals surface area (Å²) in [5.41, 5.74) is 6.30. The highest BCUT2D eigenvalue weighted by Crippen LogP contribution is 2.19. The summed E-state index contributed by atoms with van der Waals surface area (Å²) in [6.07, 6.45) is 3.21. The predicted octanol–water partition coefficient (Wildman–Crippen LogP) is 2.49. The first-order valence-electron chi connectivity index (χ1n) is 5.97. The maximum Gasteiger partial charge on any atom is 0.337 e. The smallest absolute Gasteiger partial charge is 0.337 e. The summed E-state index contributed by atoms with van der Waals surface area (Å²) in [7, 11) is 0. The van der Waals surface area contributed by atoms with E-state index in [1.54, 1.807) is 0 Å². The average Bonchev–Trinajstić information content (AvgIpc) is 2.29. The summed E-state index contributed by atoms with van der Waals surface area (Å²) < 4.78 is 0. The number of rotatable bonds is 6. The number of unbranched alkanes of at least 4 members (excludes halogenated alkanes) is 2. The normalized spacial score (nSPS) is 10.1. The Morgan fingerprint density at radius 2 is 2.06 bits per heavy atom. The fourth-order valence-corrected chi connectivity index (χ4v) is 1.60.